The van der Waals surface area contributed by atoms with Gasteiger partial charge in [0, 0.05) is 28.1 Å². The summed E-state index contributed by atoms with van der Waals surface area (Å²) in [6.45, 7) is 0. The van der Waals surface area contributed by atoms with Crippen LogP contribution in [-0.4, -0.2) is 14.9 Å². The zero-order chi connectivity index (χ0) is 22.2. The van der Waals surface area contributed by atoms with Gasteiger partial charge >= 0.3 is 0 Å². The monoisotopic (exact) mass is 492 g/mol. The van der Waals surface area contributed by atoms with E-state index in [4.69, 9.17) is 15.6 Å². The number of nitrogen functional groups attached to an aromatic ring is 1. The Morgan fingerprint density at radius 3 is 2.44 bits per heavy atom. The van der Waals surface area contributed by atoms with Crippen molar-refractivity contribution in [2.75, 3.05) is 10.6 Å². The first-order valence-corrected chi connectivity index (χ1v) is 10.6. The van der Waals surface area contributed by atoms with Crippen LogP contribution < -0.4 is 10.6 Å². The fraction of sp³-hybridized carbons (Fsp3) is 0.0417. The molecule has 2 heterocycles. The molecule has 1 unspecified atom stereocenters. The molecule has 8 heteroatoms. The van der Waals surface area contributed by atoms with Crippen LogP contribution in [0.15, 0.2) is 89.9 Å². The van der Waals surface area contributed by atoms with Gasteiger partial charge in [-0.15, -0.1) is 0 Å². The first-order valence-electron chi connectivity index (χ1n) is 9.80. The summed E-state index contributed by atoms with van der Waals surface area (Å²) in [4.78, 5) is 1.89. The van der Waals surface area contributed by atoms with Gasteiger partial charge in [0.15, 0.2) is 0 Å². The maximum absolute atomic E-state index is 13.6. The second-order valence-corrected chi connectivity index (χ2v) is 8.20. The maximum atomic E-state index is 13.6. The molecule has 0 radical (unpaired) electrons. The molecule has 5 rings (SSSR count). The van der Waals surface area contributed by atoms with E-state index in [1.807, 2.05) is 35.4 Å². The second kappa shape index (κ2) is 8.05. The lowest BCUT2D eigenvalue weighted by molar-refractivity contribution is 0.175. The average molecular weight is 493 g/mol. The highest BCUT2D eigenvalue weighted by atomic mass is 79.9. The van der Waals surface area contributed by atoms with E-state index in [-0.39, 0.29) is 17.3 Å². The molecule has 1 atom stereocenters. The summed E-state index contributed by atoms with van der Waals surface area (Å²) >= 11 is 3.45. The van der Waals surface area contributed by atoms with Gasteiger partial charge in [-0.25, -0.2) is 9.07 Å². The van der Waals surface area contributed by atoms with Crippen LogP contribution in [0.25, 0.3) is 16.9 Å². The summed E-state index contributed by atoms with van der Waals surface area (Å²) in [5.41, 5.74) is 10.0. The van der Waals surface area contributed by atoms with Crippen LogP contribution in [0.2, 0.25) is 0 Å². The molecule has 3 aromatic carbocycles. The Balaban J connectivity index is 1.62. The first-order chi connectivity index (χ1) is 15.5. The highest BCUT2D eigenvalue weighted by Crippen LogP contribution is 2.39. The predicted octanol–water partition coefficient (Wildman–Crippen LogP) is 5.74. The van der Waals surface area contributed by atoms with Crippen LogP contribution in [0.1, 0.15) is 11.8 Å². The van der Waals surface area contributed by atoms with Crippen molar-refractivity contribution in [3.8, 4) is 22.7 Å². The Hall–Kier alpha value is -3.78. The van der Waals surface area contributed by atoms with Gasteiger partial charge in [-0.3, -0.25) is 0 Å². The average Bonchev–Trinajstić information content (AvgIpc) is 3.44. The molecule has 32 heavy (non-hydrogen) atoms. The van der Waals surface area contributed by atoms with Crippen molar-refractivity contribution >= 4 is 27.3 Å². The number of nitrogens with zero attached hydrogens (tertiary/aromatic N) is 3. The van der Waals surface area contributed by atoms with E-state index in [1.54, 1.807) is 47.5 Å². The number of phenols is 1. The predicted molar refractivity (Wildman–Crippen MR) is 125 cm³/mol. The van der Waals surface area contributed by atoms with Crippen molar-refractivity contribution in [2.45, 2.75) is 6.23 Å². The lowest BCUT2D eigenvalue weighted by Crippen LogP contribution is -2.20. The topological polar surface area (TPSA) is 76.5 Å². The molecule has 1 aliphatic rings. The standard InChI is InChI=1S/C24H18BrFN4O2/c25-16-3-7-18(8-4-16)30-14-20(23(28-30)15-1-5-17(26)6-2-15)24-29(11-12-32-24)19-9-10-22(31)21(27)13-19/h1-14,24,31H,27H2. The second-order valence-electron chi connectivity index (χ2n) is 7.28. The Morgan fingerprint density at radius 2 is 1.72 bits per heavy atom. The highest BCUT2D eigenvalue weighted by Gasteiger charge is 2.30. The van der Waals surface area contributed by atoms with Crippen molar-refractivity contribution in [2.24, 2.45) is 0 Å². The quantitative estimate of drug-likeness (QED) is 0.280. The molecule has 0 amide bonds. The van der Waals surface area contributed by atoms with E-state index < -0.39 is 6.23 Å². The van der Waals surface area contributed by atoms with Gasteiger partial charge in [0.25, 0.3) is 0 Å². The molecule has 1 aliphatic heterocycles. The van der Waals surface area contributed by atoms with E-state index in [0.29, 0.717) is 5.69 Å². The minimum atomic E-state index is -0.525. The van der Waals surface area contributed by atoms with E-state index in [2.05, 4.69) is 15.9 Å². The van der Waals surface area contributed by atoms with Gasteiger partial charge < -0.3 is 20.5 Å². The van der Waals surface area contributed by atoms with Crippen LogP contribution in [-0.2, 0) is 4.74 Å². The number of rotatable bonds is 4. The molecule has 4 aromatic rings. The van der Waals surface area contributed by atoms with Crippen molar-refractivity contribution < 1.29 is 14.2 Å². The molecule has 0 fully saturated rings. The molecule has 0 saturated heterocycles. The van der Waals surface area contributed by atoms with Crippen molar-refractivity contribution in [1.82, 2.24) is 9.78 Å². The number of hydrogen-bond donors (Lipinski definition) is 2. The van der Waals surface area contributed by atoms with E-state index in [1.165, 1.54) is 12.1 Å². The Labute approximate surface area is 192 Å². The van der Waals surface area contributed by atoms with Crippen LogP contribution in [0.3, 0.4) is 0 Å². The Morgan fingerprint density at radius 1 is 1.00 bits per heavy atom. The minimum absolute atomic E-state index is 0.0180. The Bertz CT molecular complexity index is 1300. The van der Waals surface area contributed by atoms with Crippen molar-refractivity contribution in [1.29, 1.82) is 0 Å². The molecular formula is C24H18BrFN4O2. The smallest absolute Gasteiger partial charge is 0.205 e. The van der Waals surface area contributed by atoms with Gasteiger partial charge in [-0.1, -0.05) is 15.9 Å². The zero-order valence-electron chi connectivity index (χ0n) is 16.7. The van der Waals surface area contributed by atoms with Gasteiger partial charge in [-0.05, 0) is 66.7 Å². The lowest BCUT2D eigenvalue weighted by Gasteiger charge is -2.24. The van der Waals surface area contributed by atoms with E-state index >= 15 is 0 Å². The van der Waals surface area contributed by atoms with Crippen molar-refractivity contribution in [3.05, 3.63) is 101 Å². The van der Waals surface area contributed by atoms with Crippen LogP contribution in [0.5, 0.6) is 5.75 Å². The molecule has 6 nitrogen and oxygen atoms in total. The summed E-state index contributed by atoms with van der Waals surface area (Å²) in [6, 6.07) is 18.9. The lowest BCUT2D eigenvalue weighted by atomic mass is 10.1. The van der Waals surface area contributed by atoms with Gasteiger partial charge in [-0.2, -0.15) is 5.10 Å². The van der Waals surface area contributed by atoms with E-state index in [9.17, 15) is 9.50 Å². The maximum Gasteiger partial charge on any atom is 0.205 e. The number of aromatic nitrogens is 2. The van der Waals surface area contributed by atoms with Gasteiger partial charge in [0.2, 0.25) is 6.23 Å². The fourth-order valence-corrected chi connectivity index (χ4v) is 3.86. The third-order valence-electron chi connectivity index (χ3n) is 5.21. The molecule has 0 bridgehead atoms. The molecule has 160 valence electrons. The summed E-state index contributed by atoms with van der Waals surface area (Å²) in [6.07, 6.45) is 4.76. The number of phenolic OH excluding ortho intramolecular Hbond substituents is 1. The van der Waals surface area contributed by atoms with Crippen molar-refractivity contribution in [3.63, 3.8) is 0 Å². The highest BCUT2D eigenvalue weighted by molar-refractivity contribution is 9.10. The van der Waals surface area contributed by atoms with Crippen LogP contribution >= 0.6 is 15.9 Å². The fourth-order valence-electron chi connectivity index (χ4n) is 3.59. The first kappa shape index (κ1) is 20.1. The van der Waals surface area contributed by atoms with Crippen LogP contribution in [0.4, 0.5) is 15.8 Å². The molecule has 0 saturated carbocycles. The number of aromatic hydroxyl groups is 1. The van der Waals surface area contributed by atoms with E-state index in [0.717, 1.165) is 27.0 Å². The number of benzene rings is 3. The molecule has 0 spiro atoms. The molecule has 1 aromatic heterocycles. The summed E-state index contributed by atoms with van der Waals surface area (Å²) in [5, 5.41) is 14.6. The number of ether oxygens (including phenoxy) is 1. The van der Waals surface area contributed by atoms with Crippen LogP contribution in [0, 0.1) is 5.82 Å². The normalized spacial score (nSPS) is 15.2. The number of nitrogens with two attached hydrogens (primary N) is 1. The number of hydrogen-bond acceptors (Lipinski definition) is 5. The van der Waals surface area contributed by atoms with Gasteiger partial charge in [0.1, 0.15) is 23.5 Å². The third-order valence-corrected chi connectivity index (χ3v) is 5.74. The largest absolute Gasteiger partial charge is 0.506 e. The number of anilines is 2. The summed E-state index contributed by atoms with van der Waals surface area (Å²) in [5.74, 6) is -0.299. The SMILES string of the molecule is Nc1cc(N2C=COC2c2cn(-c3ccc(Br)cc3)nc2-c2ccc(F)cc2)ccc1O. The van der Waals surface area contributed by atoms with Gasteiger partial charge in [0.05, 0.1) is 16.9 Å². The molecule has 3 N–H and O–H groups in total. The number of halogens is 2. The third kappa shape index (κ3) is 3.69. The Kier molecular flexibility index (Phi) is 5.07. The summed E-state index contributed by atoms with van der Waals surface area (Å²) in [7, 11) is 0. The zero-order valence-corrected chi connectivity index (χ0v) is 18.3. The summed E-state index contributed by atoms with van der Waals surface area (Å²) < 4.78 is 22.2. The molecule has 0 aliphatic carbocycles. The minimum Gasteiger partial charge on any atom is -0.506 e. The molecular weight excluding hydrogens is 475 g/mol.